The van der Waals surface area contributed by atoms with Gasteiger partial charge >= 0.3 is 12.0 Å². The summed E-state index contributed by atoms with van der Waals surface area (Å²) in [5.74, 6) is -1.06. The molecule has 0 bridgehead atoms. The molecule has 0 aliphatic rings. The standard InChI is InChI=1S/C12H18N2O4S/c1-18-6-3-10(11(15)16)14-12(17)13-5-2-9-4-7-19-8-9/h4,7-8,10H,2-3,5-6H2,1H3,(H,15,16)(H2,13,14,17). The Bertz CT molecular complexity index is 394. The molecule has 106 valence electrons. The molecule has 0 saturated heterocycles. The summed E-state index contributed by atoms with van der Waals surface area (Å²) in [6, 6.07) is 0.586. The topological polar surface area (TPSA) is 87.7 Å². The number of hydrogen-bond donors (Lipinski definition) is 3. The van der Waals surface area contributed by atoms with Crippen molar-refractivity contribution in [3.8, 4) is 0 Å². The van der Waals surface area contributed by atoms with E-state index in [1.54, 1.807) is 11.3 Å². The lowest BCUT2D eigenvalue weighted by molar-refractivity contribution is -0.139. The molecule has 2 amide bonds. The highest BCUT2D eigenvalue weighted by molar-refractivity contribution is 7.07. The highest BCUT2D eigenvalue weighted by atomic mass is 32.1. The minimum atomic E-state index is -1.06. The van der Waals surface area contributed by atoms with Crippen LogP contribution in [0.2, 0.25) is 0 Å². The summed E-state index contributed by atoms with van der Waals surface area (Å²) in [6.45, 7) is 0.755. The molecule has 1 unspecified atom stereocenters. The summed E-state index contributed by atoms with van der Waals surface area (Å²) < 4.78 is 4.80. The van der Waals surface area contributed by atoms with Crippen LogP contribution in [0.4, 0.5) is 4.79 Å². The molecule has 0 aliphatic heterocycles. The molecule has 19 heavy (non-hydrogen) atoms. The minimum absolute atomic E-state index is 0.240. The molecule has 0 saturated carbocycles. The Labute approximate surface area is 115 Å². The first-order valence-corrected chi connectivity index (χ1v) is 6.85. The van der Waals surface area contributed by atoms with Crippen molar-refractivity contribution in [3.63, 3.8) is 0 Å². The number of hydrogen-bond acceptors (Lipinski definition) is 4. The van der Waals surface area contributed by atoms with Crippen molar-refractivity contribution in [1.29, 1.82) is 0 Å². The zero-order valence-corrected chi connectivity index (χ0v) is 11.5. The number of ether oxygens (including phenoxy) is 1. The van der Waals surface area contributed by atoms with E-state index in [1.165, 1.54) is 7.11 Å². The molecule has 0 radical (unpaired) electrons. The second kappa shape index (κ2) is 8.49. The van der Waals surface area contributed by atoms with Gasteiger partial charge in [0.1, 0.15) is 6.04 Å². The van der Waals surface area contributed by atoms with Gasteiger partial charge in [0.25, 0.3) is 0 Å². The van der Waals surface area contributed by atoms with E-state index in [4.69, 9.17) is 9.84 Å². The summed E-state index contributed by atoms with van der Waals surface area (Å²) in [7, 11) is 1.49. The minimum Gasteiger partial charge on any atom is -0.480 e. The van der Waals surface area contributed by atoms with Crippen molar-refractivity contribution < 1.29 is 19.4 Å². The smallest absolute Gasteiger partial charge is 0.326 e. The molecule has 1 atom stereocenters. The van der Waals surface area contributed by atoms with Gasteiger partial charge in [-0.1, -0.05) is 0 Å². The Morgan fingerprint density at radius 2 is 2.32 bits per heavy atom. The van der Waals surface area contributed by atoms with Crippen LogP contribution in [-0.2, 0) is 16.0 Å². The van der Waals surface area contributed by atoms with Crippen LogP contribution in [0.25, 0.3) is 0 Å². The van der Waals surface area contributed by atoms with Crippen LogP contribution in [0, 0.1) is 0 Å². The Balaban J connectivity index is 2.25. The molecule has 1 heterocycles. The molecule has 1 aromatic heterocycles. The van der Waals surface area contributed by atoms with Gasteiger partial charge in [0.05, 0.1) is 0 Å². The van der Waals surface area contributed by atoms with Gasteiger partial charge in [0.15, 0.2) is 0 Å². The van der Waals surface area contributed by atoms with Crippen molar-refractivity contribution in [1.82, 2.24) is 10.6 Å². The number of thiophene rings is 1. The molecule has 0 aromatic carbocycles. The van der Waals surface area contributed by atoms with Crippen LogP contribution in [0.3, 0.4) is 0 Å². The number of nitrogens with one attached hydrogen (secondary N) is 2. The largest absolute Gasteiger partial charge is 0.480 e. The van der Waals surface area contributed by atoms with E-state index in [-0.39, 0.29) is 13.0 Å². The van der Waals surface area contributed by atoms with Gasteiger partial charge in [-0.15, -0.1) is 0 Å². The fourth-order valence-corrected chi connectivity index (χ4v) is 2.16. The molecule has 1 rings (SSSR count). The fraction of sp³-hybridized carbons (Fsp3) is 0.500. The first-order chi connectivity index (χ1) is 9.13. The number of urea groups is 1. The number of carboxylic acids is 1. The molecule has 0 spiro atoms. The third kappa shape index (κ3) is 6.21. The van der Waals surface area contributed by atoms with E-state index in [2.05, 4.69) is 10.6 Å². The fourth-order valence-electron chi connectivity index (χ4n) is 1.46. The van der Waals surface area contributed by atoms with Crippen LogP contribution < -0.4 is 10.6 Å². The van der Waals surface area contributed by atoms with Crippen molar-refractivity contribution in [3.05, 3.63) is 22.4 Å². The van der Waals surface area contributed by atoms with Crippen molar-refractivity contribution in [2.24, 2.45) is 0 Å². The summed E-state index contributed by atoms with van der Waals surface area (Å²) >= 11 is 1.60. The molecular formula is C12H18N2O4S. The molecule has 0 aliphatic carbocycles. The van der Waals surface area contributed by atoms with Gasteiger partial charge in [-0.25, -0.2) is 9.59 Å². The normalized spacial score (nSPS) is 11.8. The maximum atomic E-state index is 11.5. The molecular weight excluding hydrogens is 268 g/mol. The van der Waals surface area contributed by atoms with Crippen molar-refractivity contribution >= 4 is 23.3 Å². The third-order valence-corrected chi connectivity index (χ3v) is 3.23. The average molecular weight is 286 g/mol. The lowest BCUT2D eigenvalue weighted by Gasteiger charge is -2.14. The number of carbonyl (C=O) groups excluding carboxylic acids is 1. The first-order valence-electron chi connectivity index (χ1n) is 5.90. The summed E-state index contributed by atoms with van der Waals surface area (Å²) in [6.07, 6.45) is 0.969. The molecule has 0 fully saturated rings. The number of amides is 2. The van der Waals surface area contributed by atoms with Crippen LogP contribution >= 0.6 is 11.3 Å². The maximum Gasteiger partial charge on any atom is 0.326 e. The highest BCUT2D eigenvalue weighted by Crippen LogP contribution is 2.05. The van der Waals surface area contributed by atoms with Gasteiger partial charge in [-0.05, 0) is 28.8 Å². The van der Waals surface area contributed by atoms with E-state index in [9.17, 15) is 9.59 Å². The van der Waals surface area contributed by atoms with E-state index in [0.29, 0.717) is 6.54 Å². The zero-order valence-electron chi connectivity index (χ0n) is 10.7. The Hall–Kier alpha value is -1.60. The van der Waals surface area contributed by atoms with Crippen LogP contribution in [0.1, 0.15) is 12.0 Å². The van der Waals surface area contributed by atoms with Crippen molar-refractivity contribution in [2.45, 2.75) is 18.9 Å². The Kier molecular flexibility index (Phi) is 6.91. The number of methoxy groups -OCH3 is 1. The van der Waals surface area contributed by atoms with Gasteiger partial charge in [0, 0.05) is 26.7 Å². The second-order valence-electron chi connectivity index (χ2n) is 3.95. The number of carboxylic acid groups (broad SMARTS) is 1. The number of carbonyl (C=O) groups is 2. The van der Waals surface area contributed by atoms with E-state index in [0.717, 1.165) is 12.0 Å². The second-order valence-corrected chi connectivity index (χ2v) is 4.73. The quantitative estimate of drug-likeness (QED) is 0.667. The highest BCUT2D eigenvalue weighted by Gasteiger charge is 2.19. The van der Waals surface area contributed by atoms with Crippen LogP contribution in [0.5, 0.6) is 0 Å². The predicted octanol–water partition coefficient (Wildman–Crippen LogP) is 1.08. The average Bonchev–Trinajstić information content (AvgIpc) is 2.87. The van der Waals surface area contributed by atoms with E-state index < -0.39 is 18.0 Å². The number of rotatable bonds is 8. The molecule has 1 aromatic rings. The van der Waals surface area contributed by atoms with Gasteiger partial charge in [0.2, 0.25) is 0 Å². The van der Waals surface area contributed by atoms with Crippen LogP contribution in [-0.4, -0.2) is 43.4 Å². The predicted molar refractivity (Wildman–Crippen MR) is 72.5 cm³/mol. The van der Waals surface area contributed by atoms with Crippen LogP contribution in [0.15, 0.2) is 16.8 Å². The lowest BCUT2D eigenvalue weighted by Crippen LogP contribution is -2.46. The van der Waals surface area contributed by atoms with E-state index in [1.807, 2.05) is 16.8 Å². The SMILES string of the molecule is COCCC(NC(=O)NCCc1ccsc1)C(=O)O. The maximum absolute atomic E-state index is 11.5. The lowest BCUT2D eigenvalue weighted by atomic mass is 10.2. The van der Waals surface area contributed by atoms with E-state index >= 15 is 0 Å². The Morgan fingerprint density at radius 3 is 2.89 bits per heavy atom. The molecule has 3 N–H and O–H groups in total. The van der Waals surface area contributed by atoms with Gasteiger partial charge in [-0.2, -0.15) is 11.3 Å². The molecule has 7 heteroatoms. The zero-order chi connectivity index (χ0) is 14.1. The Morgan fingerprint density at radius 1 is 1.53 bits per heavy atom. The van der Waals surface area contributed by atoms with Crippen molar-refractivity contribution in [2.75, 3.05) is 20.3 Å². The summed E-state index contributed by atoms with van der Waals surface area (Å²) in [5.41, 5.74) is 1.15. The number of aliphatic carboxylic acids is 1. The van der Waals surface area contributed by atoms with Gasteiger partial charge in [-0.3, -0.25) is 0 Å². The first kappa shape index (κ1) is 15.5. The summed E-state index contributed by atoms with van der Waals surface area (Å²) in [4.78, 5) is 22.4. The monoisotopic (exact) mass is 286 g/mol. The molecule has 6 nitrogen and oxygen atoms in total. The van der Waals surface area contributed by atoms with Gasteiger partial charge < -0.3 is 20.5 Å². The third-order valence-electron chi connectivity index (χ3n) is 2.49. The summed E-state index contributed by atoms with van der Waals surface area (Å²) in [5, 5.41) is 18.0.